The summed E-state index contributed by atoms with van der Waals surface area (Å²) >= 11 is 5.92. The first-order valence-corrected chi connectivity index (χ1v) is 6.46. The number of halogens is 1. The van der Waals surface area contributed by atoms with Crippen LogP contribution in [0.3, 0.4) is 0 Å². The third-order valence-corrected chi connectivity index (χ3v) is 3.34. The summed E-state index contributed by atoms with van der Waals surface area (Å²) in [6, 6.07) is 7.92. The van der Waals surface area contributed by atoms with Crippen LogP contribution in [0.25, 0.3) is 11.1 Å². The van der Waals surface area contributed by atoms with Gasteiger partial charge in [0, 0.05) is 22.8 Å². The number of benzene rings is 1. The molecular weight excluding hydrogens is 246 g/mol. The summed E-state index contributed by atoms with van der Waals surface area (Å²) in [5.74, 6) is 0. The van der Waals surface area contributed by atoms with Crippen LogP contribution in [0.4, 0.5) is 0 Å². The van der Waals surface area contributed by atoms with E-state index in [1.54, 1.807) is 0 Å². The van der Waals surface area contributed by atoms with Crippen molar-refractivity contribution < 1.29 is 0 Å². The molecule has 0 aliphatic heterocycles. The van der Waals surface area contributed by atoms with E-state index in [1.165, 1.54) is 16.8 Å². The highest BCUT2D eigenvalue weighted by Gasteiger charge is 2.12. The Morgan fingerprint density at radius 3 is 2.50 bits per heavy atom. The van der Waals surface area contributed by atoms with E-state index in [0.717, 1.165) is 23.8 Å². The molecule has 1 aromatic carbocycles. The van der Waals surface area contributed by atoms with Crippen molar-refractivity contribution in [2.75, 3.05) is 13.6 Å². The SMILES string of the molecule is CNCCn1nc(C)c(-c2ccc(Cl)cc2)c1C. The first kappa shape index (κ1) is 13.1. The molecule has 4 heteroatoms. The fourth-order valence-electron chi connectivity index (χ4n) is 2.17. The Morgan fingerprint density at radius 2 is 1.89 bits per heavy atom. The van der Waals surface area contributed by atoms with Gasteiger partial charge in [0.25, 0.3) is 0 Å². The predicted molar refractivity (Wildman–Crippen MR) is 76.1 cm³/mol. The number of hydrogen-bond acceptors (Lipinski definition) is 2. The molecular formula is C14H18ClN3. The topological polar surface area (TPSA) is 29.9 Å². The lowest BCUT2D eigenvalue weighted by Crippen LogP contribution is -2.16. The maximum atomic E-state index is 5.92. The van der Waals surface area contributed by atoms with E-state index in [9.17, 15) is 0 Å². The Kier molecular flexibility index (Phi) is 4.04. The minimum atomic E-state index is 0.761. The number of hydrogen-bond donors (Lipinski definition) is 1. The first-order valence-electron chi connectivity index (χ1n) is 6.08. The molecule has 0 saturated heterocycles. The van der Waals surface area contributed by atoms with Crippen LogP contribution in [0.1, 0.15) is 11.4 Å². The van der Waals surface area contributed by atoms with E-state index in [0.29, 0.717) is 0 Å². The van der Waals surface area contributed by atoms with Crippen molar-refractivity contribution in [3.8, 4) is 11.1 Å². The van der Waals surface area contributed by atoms with E-state index >= 15 is 0 Å². The number of nitrogens with zero attached hydrogens (tertiary/aromatic N) is 2. The third-order valence-electron chi connectivity index (χ3n) is 3.09. The average molecular weight is 264 g/mol. The molecule has 0 atom stereocenters. The van der Waals surface area contributed by atoms with Gasteiger partial charge in [-0.15, -0.1) is 0 Å². The summed E-state index contributed by atoms with van der Waals surface area (Å²) in [6.45, 7) is 5.96. The molecule has 0 aliphatic carbocycles. The fourth-order valence-corrected chi connectivity index (χ4v) is 2.29. The van der Waals surface area contributed by atoms with E-state index in [-0.39, 0.29) is 0 Å². The van der Waals surface area contributed by atoms with Crippen molar-refractivity contribution in [3.63, 3.8) is 0 Å². The van der Waals surface area contributed by atoms with Crippen LogP contribution in [0.5, 0.6) is 0 Å². The van der Waals surface area contributed by atoms with Gasteiger partial charge in [-0.1, -0.05) is 23.7 Å². The lowest BCUT2D eigenvalue weighted by Gasteiger charge is -2.05. The van der Waals surface area contributed by atoms with Gasteiger partial charge in [0.15, 0.2) is 0 Å². The zero-order valence-corrected chi connectivity index (χ0v) is 11.8. The molecule has 1 heterocycles. The molecule has 18 heavy (non-hydrogen) atoms. The van der Waals surface area contributed by atoms with E-state index in [2.05, 4.69) is 22.0 Å². The predicted octanol–water partition coefficient (Wildman–Crippen LogP) is 3.04. The van der Waals surface area contributed by atoms with Crippen LogP contribution >= 0.6 is 11.6 Å². The van der Waals surface area contributed by atoms with Gasteiger partial charge in [-0.05, 0) is 38.6 Å². The van der Waals surface area contributed by atoms with Gasteiger partial charge >= 0.3 is 0 Å². The van der Waals surface area contributed by atoms with Crippen molar-refractivity contribution in [1.29, 1.82) is 0 Å². The van der Waals surface area contributed by atoms with E-state index in [1.807, 2.05) is 38.2 Å². The minimum Gasteiger partial charge on any atom is -0.318 e. The summed E-state index contributed by atoms with van der Waals surface area (Å²) in [5, 5.41) is 8.49. The van der Waals surface area contributed by atoms with Crippen LogP contribution in [0.2, 0.25) is 5.02 Å². The molecule has 2 aromatic rings. The molecule has 96 valence electrons. The van der Waals surface area contributed by atoms with Gasteiger partial charge < -0.3 is 5.32 Å². The van der Waals surface area contributed by atoms with Gasteiger partial charge in [0.1, 0.15) is 0 Å². The van der Waals surface area contributed by atoms with Crippen LogP contribution < -0.4 is 5.32 Å². The molecule has 1 aromatic heterocycles. The Balaban J connectivity index is 2.38. The molecule has 0 saturated carbocycles. The summed E-state index contributed by atoms with van der Waals surface area (Å²) in [7, 11) is 1.95. The number of rotatable bonds is 4. The second kappa shape index (κ2) is 5.55. The zero-order chi connectivity index (χ0) is 13.1. The smallest absolute Gasteiger partial charge is 0.0674 e. The van der Waals surface area contributed by atoms with Crippen LogP contribution in [-0.2, 0) is 6.54 Å². The van der Waals surface area contributed by atoms with Crippen LogP contribution in [0, 0.1) is 13.8 Å². The Hall–Kier alpha value is -1.32. The molecule has 0 bridgehead atoms. The molecule has 0 spiro atoms. The van der Waals surface area contributed by atoms with Crippen molar-refractivity contribution in [2.24, 2.45) is 0 Å². The normalized spacial score (nSPS) is 10.9. The van der Waals surface area contributed by atoms with Gasteiger partial charge in [0.05, 0.1) is 12.2 Å². The summed E-state index contributed by atoms with van der Waals surface area (Å²) in [6.07, 6.45) is 0. The molecule has 1 N–H and O–H groups in total. The van der Waals surface area contributed by atoms with Crippen molar-refractivity contribution >= 4 is 11.6 Å². The molecule has 0 aliphatic rings. The molecule has 0 radical (unpaired) electrons. The van der Waals surface area contributed by atoms with Crippen LogP contribution in [0.15, 0.2) is 24.3 Å². The van der Waals surface area contributed by atoms with Crippen LogP contribution in [-0.4, -0.2) is 23.4 Å². The van der Waals surface area contributed by atoms with Gasteiger partial charge in [0.2, 0.25) is 0 Å². The highest BCUT2D eigenvalue weighted by atomic mass is 35.5. The highest BCUT2D eigenvalue weighted by Crippen LogP contribution is 2.27. The molecule has 0 unspecified atom stereocenters. The lowest BCUT2D eigenvalue weighted by molar-refractivity contribution is 0.569. The standard InChI is InChI=1S/C14H18ClN3/c1-10-14(12-4-6-13(15)7-5-12)11(2)18(17-10)9-8-16-3/h4-7,16H,8-9H2,1-3H3. The second-order valence-electron chi connectivity index (χ2n) is 4.38. The van der Waals surface area contributed by atoms with Crippen molar-refractivity contribution in [3.05, 3.63) is 40.7 Å². The maximum absolute atomic E-state index is 5.92. The molecule has 2 rings (SSSR count). The summed E-state index contributed by atoms with van der Waals surface area (Å²) < 4.78 is 2.05. The molecule has 0 fully saturated rings. The Bertz CT molecular complexity index is 529. The largest absolute Gasteiger partial charge is 0.318 e. The highest BCUT2D eigenvalue weighted by molar-refractivity contribution is 6.30. The number of nitrogens with one attached hydrogen (secondary N) is 1. The maximum Gasteiger partial charge on any atom is 0.0674 e. The zero-order valence-electron chi connectivity index (χ0n) is 11.0. The van der Waals surface area contributed by atoms with Crippen molar-refractivity contribution in [1.82, 2.24) is 15.1 Å². The lowest BCUT2D eigenvalue weighted by atomic mass is 10.0. The Morgan fingerprint density at radius 1 is 1.22 bits per heavy atom. The van der Waals surface area contributed by atoms with Gasteiger partial charge in [-0.25, -0.2) is 0 Å². The minimum absolute atomic E-state index is 0.761. The monoisotopic (exact) mass is 263 g/mol. The molecule has 3 nitrogen and oxygen atoms in total. The third kappa shape index (κ3) is 2.57. The van der Waals surface area contributed by atoms with E-state index < -0.39 is 0 Å². The first-order chi connectivity index (χ1) is 8.63. The van der Waals surface area contributed by atoms with E-state index in [4.69, 9.17) is 11.6 Å². The van der Waals surface area contributed by atoms with Gasteiger partial charge in [-0.2, -0.15) is 5.10 Å². The average Bonchev–Trinajstić information content (AvgIpc) is 2.63. The molecule has 0 amide bonds. The number of aryl methyl sites for hydroxylation is 1. The summed E-state index contributed by atoms with van der Waals surface area (Å²) in [4.78, 5) is 0. The Labute approximate surface area is 113 Å². The van der Waals surface area contributed by atoms with Gasteiger partial charge in [-0.3, -0.25) is 4.68 Å². The number of likely N-dealkylation sites (N-methyl/N-ethyl adjacent to an activating group) is 1. The van der Waals surface area contributed by atoms with Crippen molar-refractivity contribution in [2.45, 2.75) is 20.4 Å². The fraction of sp³-hybridized carbons (Fsp3) is 0.357. The number of aromatic nitrogens is 2. The quantitative estimate of drug-likeness (QED) is 0.919. The summed E-state index contributed by atoms with van der Waals surface area (Å²) in [5.41, 5.74) is 4.64. The second-order valence-corrected chi connectivity index (χ2v) is 4.82.